The summed E-state index contributed by atoms with van der Waals surface area (Å²) < 4.78 is 0. The van der Waals surface area contributed by atoms with Crippen LogP contribution in [0.5, 0.6) is 0 Å². The van der Waals surface area contributed by atoms with E-state index in [9.17, 15) is 9.59 Å². The molecule has 2 unspecified atom stereocenters. The lowest BCUT2D eigenvalue weighted by Crippen LogP contribution is -2.47. The van der Waals surface area contributed by atoms with E-state index in [1.807, 2.05) is 0 Å². The zero-order valence-corrected chi connectivity index (χ0v) is 9.61. The average Bonchev–Trinajstić information content (AvgIpc) is 2.63. The van der Waals surface area contributed by atoms with Crippen molar-refractivity contribution < 1.29 is 14.7 Å². The zero-order chi connectivity index (χ0) is 11.7. The maximum absolute atomic E-state index is 11.9. The Kier molecular flexibility index (Phi) is 3.17. The highest BCUT2D eigenvalue weighted by Crippen LogP contribution is 2.33. The fourth-order valence-corrected chi connectivity index (χ4v) is 2.90. The second kappa shape index (κ2) is 4.44. The molecule has 0 bridgehead atoms. The maximum Gasteiger partial charge on any atom is 0.307 e. The van der Waals surface area contributed by atoms with Gasteiger partial charge in [0, 0.05) is 6.04 Å². The standard InChI is InChI=1S/C12H19NO3/c1-7-5-8(6-7)13-11(14)9-3-2-4-10(9)12(15)16/h7-10H,2-6H2,1H3,(H,13,14)(H,15,16). The molecule has 2 aliphatic carbocycles. The Bertz CT molecular complexity index is 297. The van der Waals surface area contributed by atoms with Gasteiger partial charge in [-0.25, -0.2) is 0 Å². The van der Waals surface area contributed by atoms with Crippen LogP contribution in [0.25, 0.3) is 0 Å². The van der Waals surface area contributed by atoms with Crippen LogP contribution in [-0.2, 0) is 9.59 Å². The molecule has 90 valence electrons. The number of carbonyl (C=O) groups is 2. The molecule has 2 N–H and O–H groups in total. The Morgan fingerprint density at radius 1 is 1.19 bits per heavy atom. The van der Waals surface area contributed by atoms with Crippen molar-refractivity contribution in [2.75, 3.05) is 0 Å². The molecule has 0 aromatic heterocycles. The predicted octanol–water partition coefficient (Wildman–Crippen LogP) is 1.40. The van der Waals surface area contributed by atoms with Gasteiger partial charge in [0.25, 0.3) is 0 Å². The molecule has 0 saturated heterocycles. The molecule has 0 heterocycles. The quantitative estimate of drug-likeness (QED) is 0.763. The van der Waals surface area contributed by atoms with Crippen LogP contribution in [0.2, 0.25) is 0 Å². The van der Waals surface area contributed by atoms with E-state index in [0.29, 0.717) is 12.3 Å². The molecule has 2 aliphatic rings. The molecule has 2 rings (SSSR count). The highest BCUT2D eigenvalue weighted by atomic mass is 16.4. The third kappa shape index (κ3) is 2.20. The number of rotatable bonds is 3. The highest BCUT2D eigenvalue weighted by molar-refractivity contribution is 5.85. The molecule has 0 aliphatic heterocycles. The third-order valence-electron chi connectivity index (χ3n) is 3.89. The first-order valence-corrected chi connectivity index (χ1v) is 6.11. The van der Waals surface area contributed by atoms with Crippen molar-refractivity contribution in [3.63, 3.8) is 0 Å². The number of carboxylic acids is 1. The largest absolute Gasteiger partial charge is 0.481 e. The number of carbonyl (C=O) groups excluding carboxylic acids is 1. The molecule has 4 nitrogen and oxygen atoms in total. The molecule has 2 fully saturated rings. The molecule has 0 radical (unpaired) electrons. The first kappa shape index (κ1) is 11.4. The van der Waals surface area contributed by atoms with Crippen LogP contribution in [0.15, 0.2) is 0 Å². The van der Waals surface area contributed by atoms with Gasteiger partial charge in [0.1, 0.15) is 0 Å². The Morgan fingerprint density at radius 2 is 1.81 bits per heavy atom. The highest BCUT2D eigenvalue weighted by Gasteiger charge is 2.39. The van der Waals surface area contributed by atoms with Gasteiger partial charge in [0.2, 0.25) is 5.91 Å². The summed E-state index contributed by atoms with van der Waals surface area (Å²) >= 11 is 0. The van der Waals surface area contributed by atoms with Crippen molar-refractivity contribution in [1.29, 1.82) is 0 Å². The summed E-state index contributed by atoms with van der Waals surface area (Å²) in [7, 11) is 0. The van der Waals surface area contributed by atoms with Crippen LogP contribution in [0.3, 0.4) is 0 Å². The monoisotopic (exact) mass is 225 g/mol. The number of nitrogens with one attached hydrogen (secondary N) is 1. The summed E-state index contributed by atoms with van der Waals surface area (Å²) in [5.74, 6) is -0.920. The normalized spacial score (nSPS) is 37.8. The van der Waals surface area contributed by atoms with Crippen LogP contribution >= 0.6 is 0 Å². The van der Waals surface area contributed by atoms with Gasteiger partial charge in [-0.2, -0.15) is 0 Å². The van der Waals surface area contributed by atoms with Gasteiger partial charge in [-0.05, 0) is 31.6 Å². The van der Waals surface area contributed by atoms with Crippen molar-refractivity contribution in [3.8, 4) is 0 Å². The van der Waals surface area contributed by atoms with Gasteiger partial charge in [-0.3, -0.25) is 9.59 Å². The molecule has 4 heteroatoms. The van der Waals surface area contributed by atoms with Crippen molar-refractivity contribution in [2.45, 2.75) is 45.1 Å². The van der Waals surface area contributed by atoms with E-state index in [4.69, 9.17) is 5.11 Å². The van der Waals surface area contributed by atoms with E-state index in [2.05, 4.69) is 12.2 Å². The second-order valence-corrected chi connectivity index (χ2v) is 5.26. The maximum atomic E-state index is 11.9. The number of carboxylic acid groups (broad SMARTS) is 1. The first-order valence-electron chi connectivity index (χ1n) is 6.11. The van der Waals surface area contributed by atoms with E-state index in [0.717, 1.165) is 25.7 Å². The summed E-state index contributed by atoms with van der Waals surface area (Å²) in [5.41, 5.74) is 0. The molecule has 2 atom stereocenters. The summed E-state index contributed by atoms with van der Waals surface area (Å²) in [5, 5.41) is 12.0. The molecular weight excluding hydrogens is 206 g/mol. The molecule has 16 heavy (non-hydrogen) atoms. The molecule has 0 aromatic rings. The zero-order valence-electron chi connectivity index (χ0n) is 9.61. The van der Waals surface area contributed by atoms with Crippen LogP contribution in [0, 0.1) is 17.8 Å². The Balaban J connectivity index is 1.86. The minimum absolute atomic E-state index is 0.0400. The smallest absolute Gasteiger partial charge is 0.307 e. The number of amides is 1. The van der Waals surface area contributed by atoms with E-state index in [1.54, 1.807) is 0 Å². The van der Waals surface area contributed by atoms with E-state index in [1.165, 1.54) is 0 Å². The Labute approximate surface area is 95.4 Å². The van der Waals surface area contributed by atoms with Gasteiger partial charge in [-0.15, -0.1) is 0 Å². The number of hydrogen-bond donors (Lipinski definition) is 2. The summed E-state index contributed by atoms with van der Waals surface area (Å²) in [6, 6.07) is 0.289. The van der Waals surface area contributed by atoms with Crippen LogP contribution in [0.1, 0.15) is 39.0 Å². The van der Waals surface area contributed by atoms with Crippen molar-refractivity contribution >= 4 is 11.9 Å². The van der Waals surface area contributed by atoms with Crippen LogP contribution in [0.4, 0.5) is 0 Å². The van der Waals surface area contributed by atoms with Gasteiger partial charge in [-0.1, -0.05) is 13.3 Å². The Hall–Kier alpha value is -1.06. The van der Waals surface area contributed by atoms with Gasteiger partial charge >= 0.3 is 5.97 Å². The molecule has 1 amide bonds. The van der Waals surface area contributed by atoms with E-state index in [-0.39, 0.29) is 17.9 Å². The minimum atomic E-state index is -0.820. The molecule has 0 spiro atoms. The SMILES string of the molecule is CC1CC(NC(=O)C2CCCC2C(=O)O)C1. The number of hydrogen-bond acceptors (Lipinski definition) is 2. The van der Waals surface area contributed by atoms with Gasteiger partial charge < -0.3 is 10.4 Å². The summed E-state index contributed by atoms with van der Waals surface area (Å²) in [6.45, 7) is 2.16. The predicted molar refractivity (Wildman–Crippen MR) is 58.8 cm³/mol. The van der Waals surface area contributed by atoms with Crippen molar-refractivity contribution in [1.82, 2.24) is 5.32 Å². The molecular formula is C12H19NO3. The first-order chi connectivity index (χ1) is 7.58. The minimum Gasteiger partial charge on any atom is -0.481 e. The second-order valence-electron chi connectivity index (χ2n) is 5.26. The summed E-state index contributed by atoms with van der Waals surface area (Å²) in [4.78, 5) is 22.9. The van der Waals surface area contributed by atoms with E-state index >= 15 is 0 Å². The van der Waals surface area contributed by atoms with Gasteiger partial charge in [0.05, 0.1) is 11.8 Å². The lowest BCUT2D eigenvalue weighted by atomic mass is 9.81. The van der Waals surface area contributed by atoms with Crippen LogP contribution in [-0.4, -0.2) is 23.0 Å². The molecule has 0 aromatic carbocycles. The fraction of sp³-hybridized carbons (Fsp3) is 0.833. The fourth-order valence-electron chi connectivity index (χ4n) is 2.90. The Morgan fingerprint density at radius 3 is 2.38 bits per heavy atom. The van der Waals surface area contributed by atoms with Crippen LogP contribution < -0.4 is 5.32 Å². The van der Waals surface area contributed by atoms with Crippen molar-refractivity contribution in [2.24, 2.45) is 17.8 Å². The lowest BCUT2D eigenvalue weighted by molar-refractivity contribution is -0.146. The molecule has 2 saturated carbocycles. The third-order valence-corrected chi connectivity index (χ3v) is 3.89. The topological polar surface area (TPSA) is 66.4 Å². The van der Waals surface area contributed by atoms with Crippen molar-refractivity contribution in [3.05, 3.63) is 0 Å². The van der Waals surface area contributed by atoms with E-state index < -0.39 is 11.9 Å². The lowest BCUT2D eigenvalue weighted by Gasteiger charge is -2.34. The summed E-state index contributed by atoms with van der Waals surface area (Å²) in [6.07, 6.45) is 4.31. The number of aliphatic carboxylic acids is 1. The average molecular weight is 225 g/mol. The van der Waals surface area contributed by atoms with Gasteiger partial charge in [0.15, 0.2) is 0 Å².